The van der Waals surface area contributed by atoms with Crippen LogP contribution in [0.15, 0.2) is 109 Å². The molecule has 3 N–H and O–H groups in total. The first-order valence-corrected chi connectivity index (χ1v) is 15.3. The first-order valence-electron chi connectivity index (χ1n) is 15.3. The zero-order chi connectivity index (χ0) is 31.9. The molecule has 45 heavy (non-hydrogen) atoms. The highest BCUT2D eigenvalue weighted by Crippen LogP contribution is 2.26. The fourth-order valence-corrected chi connectivity index (χ4v) is 4.94. The molecule has 0 aliphatic carbocycles. The molecule has 8 heteroatoms. The fraction of sp³-hybridized carbons (Fsp3) is 0.270. The molecule has 8 nitrogen and oxygen atoms in total. The second kappa shape index (κ2) is 17.3. The number of anilines is 1. The Kier molecular flexibility index (Phi) is 12.6. The molecule has 0 saturated carbocycles. The molecule has 2 unspecified atom stereocenters. The minimum Gasteiger partial charge on any atom is -0.494 e. The Balaban J connectivity index is 1.24. The molecule has 0 radical (unpaired) electrons. The van der Waals surface area contributed by atoms with Crippen molar-refractivity contribution in [2.24, 2.45) is 5.92 Å². The number of esters is 1. The summed E-state index contributed by atoms with van der Waals surface area (Å²) in [6.45, 7) is 3.06. The number of hydrogen-bond acceptors (Lipinski definition) is 6. The van der Waals surface area contributed by atoms with E-state index in [-0.39, 0.29) is 24.0 Å². The van der Waals surface area contributed by atoms with Crippen LogP contribution >= 0.6 is 0 Å². The van der Waals surface area contributed by atoms with Crippen molar-refractivity contribution in [3.63, 3.8) is 0 Å². The second-order valence-electron chi connectivity index (χ2n) is 10.8. The molecular formula is C37H40N2O6. The SMILES string of the molecule is CCCC(Cc1ccccc1)C(=O)NCCCOc1ccc(CC(Nc2ccccc2OC(=O)c2ccccc2)C(=O)O)cc1. The Labute approximate surface area is 264 Å². The van der Waals surface area contributed by atoms with E-state index >= 15 is 0 Å². The predicted octanol–water partition coefficient (Wildman–Crippen LogP) is 6.56. The van der Waals surface area contributed by atoms with Crippen molar-refractivity contribution in [2.75, 3.05) is 18.5 Å². The number of benzene rings is 4. The third-order valence-electron chi connectivity index (χ3n) is 7.31. The summed E-state index contributed by atoms with van der Waals surface area (Å²) in [4.78, 5) is 37.5. The molecule has 4 rings (SSSR count). The maximum atomic E-state index is 12.8. The van der Waals surface area contributed by atoms with Crippen molar-refractivity contribution in [1.82, 2.24) is 5.32 Å². The van der Waals surface area contributed by atoms with Gasteiger partial charge in [0.25, 0.3) is 0 Å². The Hall–Kier alpha value is -5.11. The van der Waals surface area contributed by atoms with Crippen LogP contribution in [0.25, 0.3) is 0 Å². The van der Waals surface area contributed by atoms with Crippen molar-refractivity contribution < 1.29 is 29.0 Å². The van der Waals surface area contributed by atoms with E-state index in [4.69, 9.17) is 9.47 Å². The van der Waals surface area contributed by atoms with Gasteiger partial charge in [-0.1, -0.05) is 86.1 Å². The quantitative estimate of drug-likeness (QED) is 0.0707. The average Bonchev–Trinajstić information content (AvgIpc) is 3.06. The highest BCUT2D eigenvalue weighted by Gasteiger charge is 2.21. The van der Waals surface area contributed by atoms with Crippen LogP contribution in [0, 0.1) is 5.92 Å². The minimum atomic E-state index is -1.04. The second-order valence-corrected chi connectivity index (χ2v) is 10.8. The first kappa shape index (κ1) is 32.8. The summed E-state index contributed by atoms with van der Waals surface area (Å²) in [5, 5.41) is 16.0. The lowest BCUT2D eigenvalue weighted by molar-refractivity contribution is -0.137. The summed E-state index contributed by atoms with van der Waals surface area (Å²) >= 11 is 0. The summed E-state index contributed by atoms with van der Waals surface area (Å²) in [7, 11) is 0. The first-order chi connectivity index (χ1) is 21.9. The van der Waals surface area contributed by atoms with Gasteiger partial charge in [0, 0.05) is 18.9 Å². The zero-order valence-corrected chi connectivity index (χ0v) is 25.5. The van der Waals surface area contributed by atoms with Crippen molar-refractivity contribution in [3.05, 3.63) is 126 Å². The number of carboxylic acids is 1. The molecule has 0 saturated heterocycles. The summed E-state index contributed by atoms with van der Waals surface area (Å²) in [6, 6.07) is 31.7. The van der Waals surface area contributed by atoms with E-state index in [2.05, 4.69) is 29.7 Å². The van der Waals surface area contributed by atoms with Crippen molar-refractivity contribution in [2.45, 2.75) is 45.1 Å². The summed E-state index contributed by atoms with van der Waals surface area (Å²) in [5.74, 6) is -0.632. The minimum absolute atomic E-state index is 0.0484. The fourth-order valence-electron chi connectivity index (χ4n) is 4.94. The number of carbonyl (C=O) groups excluding carboxylic acids is 2. The van der Waals surface area contributed by atoms with Gasteiger partial charge < -0.3 is 25.2 Å². The maximum Gasteiger partial charge on any atom is 0.343 e. The van der Waals surface area contributed by atoms with Crippen LogP contribution < -0.4 is 20.1 Å². The number of aliphatic carboxylic acids is 1. The molecular weight excluding hydrogens is 568 g/mol. The monoisotopic (exact) mass is 608 g/mol. The lowest BCUT2D eigenvalue weighted by Crippen LogP contribution is -2.33. The molecule has 2 atom stereocenters. The Morgan fingerprint density at radius 2 is 1.42 bits per heavy atom. The Morgan fingerprint density at radius 3 is 2.11 bits per heavy atom. The van der Waals surface area contributed by atoms with Gasteiger partial charge in [0.15, 0.2) is 5.75 Å². The van der Waals surface area contributed by atoms with E-state index in [9.17, 15) is 19.5 Å². The highest BCUT2D eigenvalue weighted by atomic mass is 16.5. The van der Waals surface area contributed by atoms with Gasteiger partial charge in [-0.05, 0) is 66.8 Å². The molecule has 0 bridgehead atoms. The highest BCUT2D eigenvalue weighted by molar-refractivity contribution is 5.92. The molecule has 1 amide bonds. The molecule has 0 spiro atoms. The van der Waals surface area contributed by atoms with Gasteiger partial charge in [0.2, 0.25) is 5.91 Å². The lowest BCUT2D eigenvalue weighted by Gasteiger charge is -2.18. The van der Waals surface area contributed by atoms with Crippen molar-refractivity contribution in [1.29, 1.82) is 0 Å². The zero-order valence-electron chi connectivity index (χ0n) is 25.5. The number of para-hydroxylation sites is 2. The van der Waals surface area contributed by atoms with Crippen LogP contribution in [0.1, 0.15) is 47.7 Å². The Morgan fingerprint density at radius 1 is 0.778 bits per heavy atom. The number of hydrogen-bond donors (Lipinski definition) is 3. The molecule has 0 heterocycles. The number of carbonyl (C=O) groups is 3. The molecule has 0 aromatic heterocycles. The molecule has 0 aliphatic heterocycles. The number of ether oxygens (including phenoxy) is 2. The normalized spacial score (nSPS) is 12.0. The van der Waals surface area contributed by atoms with Crippen LogP contribution in [0.4, 0.5) is 5.69 Å². The Bertz CT molecular complexity index is 1510. The summed E-state index contributed by atoms with van der Waals surface area (Å²) in [6.07, 6.45) is 3.39. The summed E-state index contributed by atoms with van der Waals surface area (Å²) < 4.78 is 11.4. The van der Waals surface area contributed by atoms with Gasteiger partial charge in [-0.2, -0.15) is 0 Å². The van der Waals surface area contributed by atoms with E-state index < -0.39 is 18.0 Å². The van der Waals surface area contributed by atoms with E-state index in [1.807, 2.05) is 30.3 Å². The third-order valence-corrected chi connectivity index (χ3v) is 7.31. The predicted molar refractivity (Wildman–Crippen MR) is 175 cm³/mol. The number of nitrogens with one attached hydrogen (secondary N) is 2. The molecule has 0 fully saturated rings. The number of amides is 1. The van der Waals surface area contributed by atoms with Crippen LogP contribution in [-0.4, -0.2) is 42.1 Å². The average molecular weight is 609 g/mol. The lowest BCUT2D eigenvalue weighted by atomic mass is 9.94. The van der Waals surface area contributed by atoms with E-state index in [0.717, 1.165) is 30.4 Å². The van der Waals surface area contributed by atoms with E-state index in [0.29, 0.717) is 36.6 Å². The van der Waals surface area contributed by atoms with Crippen LogP contribution in [0.5, 0.6) is 11.5 Å². The molecule has 4 aromatic rings. The summed E-state index contributed by atoms with van der Waals surface area (Å²) in [5.41, 5.74) is 2.77. The van der Waals surface area contributed by atoms with Gasteiger partial charge in [0.1, 0.15) is 11.8 Å². The van der Waals surface area contributed by atoms with Crippen molar-refractivity contribution >= 4 is 23.5 Å². The van der Waals surface area contributed by atoms with Gasteiger partial charge in [-0.3, -0.25) is 4.79 Å². The van der Waals surface area contributed by atoms with Crippen LogP contribution in [-0.2, 0) is 22.4 Å². The largest absolute Gasteiger partial charge is 0.494 e. The van der Waals surface area contributed by atoms with E-state index in [1.165, 1.54) is 0 Å². The number of carboxylic acid groups (broad SMARTS) is 1. The van der Waals surface area contributed by atoms with Gasteiger partial charge >= 0.3 is 11.9 Å². The molecule has 4 aromatic carbocycles. The number of rotatable bonds is 17. The third kappa shape index (κ3) is 10.5. The van der Waals surface area contributed by atoms with Gasteiger partial charge in [-0.25, -0.2) is 9.59 Å². The standard InChI is InChI=1S/C37H40N2O6/c1-2-12-30(25-27-13-5-3-6-14-27)35(40)38-23-11-24-44-31-21-19-28(20-22-31)26-33(36(41)42)39-32-17-9-10-18-34(32)45-37(43)29-15-7-4-8-16-29/h3-10,13-22,30,33,39H,2,11-12,23-26H2,1H3,(H,38,40)(H,41,42). The van der Waals surface area contributed by atoms with Crippen LogP contribution in [0.2, 0.25) is 0 Å². The van der Waals surface area contributed by atoms with E-state index in [1.54, 1.807) is 66.7 Å². The van der Waals surface area contributed by atoms with Gasteiger partial charge in [-0.15, -0.1) is 0 Å². The topological polar surface area (TPSA) is 114 Å². The smallest absolute Gasteiger partial charge is 0.343 e. The molecule has 0 aliphatic rings. The van der Waals surface area contributed by atoms with Gasteiger partial charge in [0.05, 0.1) is 17.9 Å². The van der Waals surface area contributed by atoms with Crippen LogP contribution in [0.3, 0.4) is 0 Å². The molecule has 234 valence electrons. The van der Waals surface area contributed by atoms with Crippen molar-refractivity contribution in [3.8, 4) is 11.5 Å². The maximum absolute atomic E-state index is 12.8.